The number of amides is 1. The van der Waals surface area contributed by atoms with Gasteiger partial charge >= 0.3 is 5.97 Å². The van der Waals surface area contributed by atoms with Crippen molar-refractivity contribution in [1.82, 2.24) is 15.1 Å². The lowest BCUT2D eigenvalue weighted by molar-refractivity contribution is 0.0684. The first kappa shape index (κ1) is 18.0. The topological polar surface area (TPSA) is 99.4 Å². The van der Waals surface area contributed by atoms with Crippen LogP contribution in [0.3, 0.4) is 0 Å². The first-order valence-electron chi connectivity index (χ1n) is 9.31. The summed E-state index contributed by atoms with van der Waals surface area (Å²) < 4.78 is 5.32. The Morgan fingerprint density at radius 3 is 2.68 bits per heavy atom. The second-order valence-electron chi connectivity index (χ2n) is 7.05. The van der Waals surface area contributed by atoms with E-state index in [0.717, 1.165) is 24.8 Å². The summed E-state index contributed by atoms with van der Waals surface area (Å²) >= 11 is 0. The largest absolute Gasteiger partial charge is 0.478 e. The number of carboxylic acid groups (broad SMARTS) is 1. The molecule has 1 saturated heterocycles. The number of carbonyl (C=O) groups excluding carboxylic acids is 1. The predicted octanol–water partition coefficient (Wildman–Crippen LogP) is 3.46. The van der Waals surface area contributed by atoms with Gasteiger partial charge in [0.15, 0.2) is 11.5 Å². The summed E-state index contributed by atoms with van der Waals surface area (Å²) in [6, 6.07) is 12.4. The lowest BCUT2D eigenvalue weighted by Gasteiger charge is -2.31. The molecular weight excluding hydrogens is 358 g/mol. The number of benzene rings is 1. The zero-order chi connectivity index (χ0) is 19.5. The molecule has 2 aromatic heterocycles. The van der Waals surface area contributed by atoms with Gasteiger partial charge < -0.3 is 14.4 Å². The highest BCUT2D eigenvalue weighted by atomic mass is 16.4. The molecule has 0 atom stereocenters. The van der Waals surface area contributed by atoms with Crippen molar-refractivity contribution < 1.29 is 19.1 Å². The maximum Gasteiger partial charge on any atom is 0.335 e. The van der Waals surface area contributed by atoms with E-state index in [-0.39, 0.29) is 5.91 Å². The molecule has 3 heterocycles. The van der Waals surface area contributed by atoms with Crippen LogP contribution in [0.4, 0.5) is 0 Å². The van der Waals surface area contributed by atoms with Gasteiger partial charge in [-0.1, -0.05) is 18.2 Å². The zero-order valence-electron chi connectivity index (χ0n) is 15.3. The van der Waals surface area contributed by atoms with E-state index in [2.05, 4.69) is 10.2 Å². The Morgan fingerprint density at radius 2 is 1.96 bits per heavy atom. The van der Waals surface area contributed by atoms with Crippen molar-refractivity contribution >= 4 is 11.9 Å². The molecule has 1 aliphatic heterocycles. The third-order valence-corrected chi connectivity index (χ3v) is 5.24. The molecule has 4 rings (SSSR count). The van der Waals surface area contributed by atoms with Crippen molar-refractivity contribution in [1.29, 1.82) is 0 Å². The minimum absolute atomic E-state index is 0.0987. The van der Waals surface area contributed by atoms with Gasteiger partial charge in [-0.25, -0.2) is 4.79 Å². The monoisotopic (exact) mass is 379 g/mol. The molecule has 0 radical (unpaired) electrons. The fourth-order valence-corrected chi connectivity index (χ4v) is 3.71. The second kappa shape index (κ2) is 7.72. The Labute approximate surface area is 162 Å². The number of hydrogen-bond acceptors (Lipinski definition) is 4. The summed E-state index contributed by atoms with van der Waals surface area (Å²) in [4.78, 5) is 25.9. The molecule has 1 aliphatic rings. The highest BCUT2D eigenvalue weighted by Gasteiger charge is 2.26. The number of aromatic amines is 1. The number of hydrogen-bond donors (Lipinski definition) is 2. The average molecular weight is 379 g/mol. The Kier molecular flexibility index (Phi) is 4.97. The number of carboxylic acids is 1. The maximum atomic E-state index is 12.7. The quantitative estimate of drug-likeness (QED) is 0.707. The van der Waals surface area contributed by atoms with Gasteiger partial charge in [0.1, 0.15) is 5.69 Å². The summed E-state index contributed by atoms with van der Waals surface area (Å²) in [5.74, 6) is 0.0114. The SMILES string of the molecule is O=C(O)c1ccccc1CC1CCN(C(=O)c2cc(-c3ccco3)[nH]n2)CC1. The third kappa shape index (κ3) is 3.69. The molecule has 7 nitrogen and oxygen atoms in total. The Bertz CT molecular complexity index is 969. The van der Waals surface area contributed by atoms with Crippen LogP contribution in [-0.2, 0) is 6.42 Å². The van der Waals surface area contributed by atoms with Crippen molar-refractivity contribution in [2.75, 3.05) is 13.1 Å². The van der Waals surface area contributed by atoms with Gasteiger partial charge in [0, 0.05) is 19.2 Å². The van der Waals surface area contributed by atoms with Crippen molar-refractivity contribution in [3.8, 4) is 11.5 Å². The lowest BCUT2D eigenvalue weighted by Crippen LogP contribution is -2.39. The Morgan fingerprint density at radius 1 is 1.18 bits per heavy atom. The van der Waals surface area contributed by atoms with Crippen LogP contribution in [0.15, 0.2) is 53.1 Å². The van der Waals surface area contributed by atoms with Crippen molar-refractivity contribution in [2.45, 2.75) is 19.3 Å². The number of carbonyl (C=O) groups is 2. The van der Waals surface area contributed by atoms with Gasteiger partial charge in [0.2, 0.25) is 0 Å². The molecule has 144 valence electrons. The van der Waals surface area contributed by atoms with Crippen molar-refractivity contribution in [2.24, 2.45) is 5.92 Å². The summed E-state index contributed by atoms with van der Waals surface area (Å²) in [5.41, 5.74) is 2.27. The number of aromatic nitrogens is 2. The van der Waals surface area contributed by atoms with Crippen LogP contribution >= 0.6 is 0 Å². The highest BCUT2D eigenvalue weighted by Crippen LogP contribution is 2.25. The van der Waals surface area contributed by atoms with Crippen LogP contribution in [0.5, 0.6) is 0 Å². The first-order valence-corrected chi connectivity index (χ1v) is 9.31. The van der Waals surface area contributed by atoms with Crippen LogP contribution in [0.2, 0.25) is 0 Å². The van der Waals surface area contributed by atoms with E-state index < -0.39 is 5.97 Å². The van der Waals surface area contributed by atoms with E-state index in [4.69, 9.17) is 4.42 Å². The van der Waals surface area contributed by atoms with E-state index in [0.29, 0.717) is 41.7 Å². The van der Waals surface area contributed by atoms with Crippen molar-refractivity contribution in [3.05, 3.63) is 65.5 Å². The van der Waals surface area contributed by atoms with Gasteiger partial charge in [0.05, 0.1) is 11.8 Å². The van der Waals surface area contributed by atoms with Crippen LogP contribution in [0.25, 0.3) is 11.5 Å². The number of piperidine rings is 1. The molecule has 1 fully saturated rings. The van der Waals surface area contributed by atoms with Crippen LogP contribution < -0.4 is 0 Å². The molecule has 7 heteroatoms. The Balaban J connectivity index is 1.37. The predicted molar refractivity (Wildman–Crippen MR) is 102 cm³/mol. The summed E-state index contributed by atoms with van der Waals surface area (Å²) in [6.07, 6.45) is 3.98. The molecule has 1 aromatic carbocycles. The highest BCUT2D eigenvalue weighted by molar-refractivity contribution is 5.93. The standard InChI is InChI=1S/C21H21N3O4/c25-20(18-13-17(22-23-18)19-6-3-11-28-19)24-9-7-14(8-10-24)12-15-4-1-2-5-16(15)21(26)27/h1-6,11,13-14H,7-10,12H2,(H,22,23)(H,26,27). The first-order chi connectivity index (χ1) is 13.6. The van der Waals surface area contributed by atoms with E-state index in [9.17, 15) is 14.7 Å². The van der Waals surface area contributed by atoms with Crippen LogP contribution in [0, 0.1) is 5.92 Å². The van der Waals surface area contributed by atoms with Gasteiger partial charge in [-0.2, -0.15) is 5.10 Å². The molecule has 3 aromatic rings. The number of nitrogens with zero attached hydrogens (tertiary/aromatic N) is 2. The van der Waals surface area contributed by atoms with Gasteiger partial charge in [-0.3, -0.25) is 9.89 Å². The number of nitrogens with one attached hydrogen (secondary N) is 1. The number of likely N-dealkylation sites (tertiary alicyclic amines) is 1. The van der Waals surface area contributed by atoms with E-state index >= 15 is 0 Å². The molecule has 2 N–H and O–H groups in total. The second-order valence-corrected chi connectivity index (χ2v) is 7.05. The lowest BCUT2D eigenvalue weighted by atomic mass is 9.88. The molecule has 0 unspecified atom stereocenters. The molecule has 0 aliphatic carbocycles. The summed E-state index contributed by atoms with van der Waals surface area (Å²) in [6.45, 7) is 1.28. The smallest absolute Gasteiger partial charge is 0.335 e. The summed E-state index contributed by atoms with van der Waals surface area (Å²) in [7, 11) is 0. The van der Waals surface area contributed by atoms with Crippen molar-refractivity contribution in [3.63, 3.8) is 0 Å². The normalized spacial score (nSPS) is 14.9. The van der Waals surface area contributed by atoms with Crippen LogP contribution in [-0.4, -0.2) is 45.2 Å². The van der Waals surface area contributed by atoms with Crippen LogP contribution in [0.1, 0.15) is 39.3 Å². The number of aromatic carboxylic acids is 1. The molecule has 28 heavy (non-hydrogen) atoms. The molecule has 1 amide bonds. The minimum Gasteiger partial charge on any atom is -0.478 e. The van der Waals surface area contributed by atoms with Gasteiger partial charge in [-0.05, 0) is 48.9 Å². The number of furan rings is 1. The fourth-order valence-electron chi connectivity index (χ4n) is 3.71. The average Bonchev–Trinajstić information content (AvgIpc) is 3.40. The third-order valence-electron chi connectivity index (χ3n) is 5.24. The molecule has 0 bridgehead atoms. The number of rotatable bonds is 5. The fraction of sp³-hybridized carbons (Fsp3) is 0.286. The minimum atomic E-state index is -0.894. The van der Waals surface area contributed by atoms with E-state index in [1.165, 1.54) is 0 Å². The molecule has 0 saturated carbocycles. The number of H-pyrrole nitrogens is 1. The molecule has 0 spiro atoms. The maximum absolute atomic E-state index is 12.7. The van der Waals surface area contributed by atoms with Gasteiger partial charge in [-0.15, -0.1) is 0 Å². The van der Waals surface area contributed by atoms with Gasteiger partial charge in [0.25, 0.3) is 5.91 Å². The summed E-state index contributed by atoms with van der Waals surface area (Å²) in [5, 5.41) is 16.3. The Hall–Kier alpha value is -3.35. The zero-order valence-corrected chi connectivity index (χ0v) is 15.3. The van der Waals surface area contributed by atoms with E-state index in [1.807, 2.05) is 23.1 Å². The van der Waals surface area contributed by atoms with E-state index in [1.54, 1.807) is 30.5 Å². The molecular formula is C21H21N3O4.